The van der Waals surface area contributed by atoms with Crippen molar-refractivity contribution in [3.63, 3.8) is 0 Å². The molecular weight excluding hydrogens is 512 g/mol. The van der Waals surface area contributed by atoms with Crippen LogP contribution < -0.4 is 11.1 Å². The molecule has 3 heterocycles. The number of nitrogens with one attached hydrogen (secondary N) is 1. The molecule has 218 valence electrons. The van der Waals surface area contributed by atoms with E-state index in [0.717, 1.165) is 17.8 Å². The zero-order chi connectivity index (χ0) is 27.9. The van der Waals surface area contributed by atoms with E-state index in [0.29, 0.717) is 50.1 Å². The molecule has 0 aromatic carbocycles. The molecule has 0 unspecified atom stereocenters. The van der Waals surface area contributed by atoms with E-state index in [-0.39, 0.29) is 30.6 Å². The van der Waals surface area contributed by atoms with Crippen LogP contribution in [0.2, 0.25) is 0 Å². The van der Waals surface area contributed by atoms with Crippen LogP contribution in [0, 0.1) is 23.2 Å². The zero-order valence-electron chi connectivity index (χ0n) is 23.6. The van der Waals surface area contributed by atoms with Gasteiger partial charge in [-0.2, -0.15) is 0 Å². The van der Waals surface area contributed by atoms with Crippen molar-refractivity contribution in [2.75, 3.05) is 39.5 Å². The Kier molecular flexibility index (Phi) is 7.47. The van der Waals surface area contributed by atoms with Crippen molar-refractivity contribution >= 4 is 17.6 Å². The van der Waals surface area contributed by atoms with Crippen LogP contribution in [-0.4, -0.2) is 76.6 Å². The predicted molar refractivity (Wildman–Crippen MR) is 146 cm³/mol. The summed E-state index contributed by atoms with van der Waals surface area (Å²) in [4.78, 5) is 27.3. The van der Waals surface area contributed by atoms with Crippen molar-refractivity contribution in [2.24, 2.45) is 28.9 Å². The van der Waals surface area contributed by atoms with Gasteiger partial charge in [0, 0.05) is 13.1 Å². The summed E-state index contributed by atoms with van der Waals surface area (Å²) in [7, 11) is 0. The standard InChI is InChI=1S/C29H42N6O5/c1-28(2,30)26(36)31-23(17-39-18-29-13-19-10-20(14-29)12-21(11-19)15-29)25-33-32-24-5-3-4-22(35(24)25)16-40-27(37)34-6-8-38-9-7-34/h3-5,19-21,23H,6-18,30H2,1-2H3,(H,31,36)/t19?,20?,21?,23-,29?/m1/s1. The molecule has 3 N–H and O–H groups in total. The third-order valence-electron chi connectivity index (χ3n) is 9.21. The summed E-state index contributed by atoms with van der Waals surface area (Å²) < 4.78 is 19.3. The van der Waals surface area contributed by atoms with Gasteiger partial charge in [0.1, 0.15) is 12.6 Å². The Morgan fingerprint density at radius 2 is 1.80 bits per heavy atom. The number of aromatic nitrogens is 3. The fraction of sp³-hybridized carbons (Fsp3) is 0.724. The Balaban J connectivity index is 1.20. The third-order valence-corrected chi connectivity index (χ3v) is 9.21. The van der Waals surface area contributed by atoms with Crippen molar-refractivity contribution < 1.29 is 23.8 Å². The molecule has 1 aliphatic heterocycles. The summed E-state index contributed by atoms with van der Waals surface area (Å²) in [5, 5.41) is 11.9. The second-order valence-electron chi connectivity index (χ2n) is 13.1. The van der Waals surface area contributed by atoms with Crippen LogP contribution in [0.4, 0.5) is 4.79 Å². The Morgan fingerprint density at radius 3 is 2.45 bits per heavy atom. The van der Waals surface area contributed by atoms with E-state index < -0.39 is 11.6 Å². The Labute approximate surface area is 235 Å². The summed E-state index contributed by atoms with van der Waals surface area (Å²) >= 11 is 0. The first-order valence-electron chi connectivity index (χ1n) is 14.7. The molecule has 2 aromatic rings. The maximum atomic E-state index is 13.0. The first kappa shape index (κ1) is 27.4. The van der Waals surface area contributed by atoms with Crippen LogP contribution in [0.1, 0.15) is 69.9 Å². The number of nitrogens with zero attached hydrogens (tertiary/aromatic N) is 4. The Morgan fingerprint density at radius 1 is 1.12 bits per heavy atom. The molecule has 2 amide bonds. The number of carbonyl (C=O) groups is 2. The molecule has 40 heavy (non-hydrogen) atoms. The number of pyridine rings is 1. The summed E-state index contributed by atoms with van der Waals surface area (Å²) in [5.41, 5.74) is 6.62. The van der Waals surface area contributed by atoms with E-state index in [1.807, 2.05) is 22.6 Å². The fourth-order valence-corrected chi connectivity index (χ4v) is 7.73. The molecule has 4 saturated carbocycles. The number of ether oxygens (including phenoxy) is 3. The van der Waals surface area contributed by atoms with Crippen LogP contribution in [-0.2, 0) is 25.6 Å². The Bertz CT molecular complexity index is 1200. The number of fused-ring (bicyclic) bond motifs is 1. The quantitative estimate of drug-likeness (QED) is 0.484. The molecule has 1 saturated heterocycles. The SMILES string of the molecule is CC(C)(N)C(=O)N[C@H](COCC12CC3CC(CC(C3)C1)C2)c1nnc2cccc(COC(=O)N3CCOCC3)n12. The van der Waals surface area contributed by atoms with Crippen molar-refractivity contribution in [1.29, 1.82) is 0 Å². The van der Waals surface area contributed by atoms with E-state index in [9.17, 15) is 9.59 Å². The van der Waals surface area contributed by atoms with Gasteiger partial charge in [-0.25, -0.2) is 4.79 Å². The van der Waals surface area contributed by atoms with Crippen LogP contribution >= 0.6 is 0 Å². The van der Waals surface area contributed by atoms with Crippen molar-refractivity contribution in [1.82, 2.24) is 24.8 Å². The molecule has 11 heteroatoms. The maximum Gasteiger partial charge on any atom is 0.410 e. The number of morpholine rings is 1. The maximum absolute atomic E-state index is 13.0. The highest BCUT2D eigenvalue weighted by atomic mass is 16.6. The molecule has 4 bridgehead atoms. The molecule has 2 aromatic heterocycles. The normalized spacial score (nSPS) is 28.6. The minimum atomic E-state index is -1.07. The van der Waals surface area contributed by atoms with Gasteiger partial charge in [0.2, 0.25) is 5.91 Å². The number of amides is 2. The van der Waals surface area contributed by atoms with Gasteiger partial charge < -0.3 is 30.2 Å². The lowest BCUT2D eigenvalue weighted by Gasteiger charge is -2.56. The van der Waals surface area contributed by atoms with Gasteiger partial charge in [-0.3, -0.25) is 9.20 Å². The largest absolute Gasteiger partial charge is 0.443 e. The van der Waals surface area contributed by atoms with Crippen molar-refractivity contribution in [3.8, 4) is 0 Å². The topological polar surface area (TPSA) is 133 Å². The van der Waals surface area contributed by atoms with Crippen molar-refractivity contribution in [3.05, 3.63) is 29.7 Å². The number of hydrogen-bond acceptors (Lipinski definition) is 8. The second kappa shape index (κ2) is 10.9. The number of nitrogens with two attached hydrogens (primary N) is 1. The minimum Gasteiger partial charge on any atom is -0.443 e. The highest BCUT2D eigenvalue weighted by Crippen LogP contribution is 2.60. The molecule has 7 rings (SSSR count). The van der Waals surface area contributed by atoms with Gasteiger partial charge in [-0.1, -0.05) is 6.07 Å². The van der Waals surface area contributed by atoms with E-state index in [2.05, 4.69) is 15.5 Å². The molecule has 1 atom stereocenters. The molecule has 0 spiro atoms. The van der Waals surface area contributed by atoms with Crippen LogP contribution in [0.5, 0.6) is 0 Å². The first-order valence-corrected chi connectivity index (χ1v) is 14.7. The smallest absolute Gasteiger partial charge is 0.410 e. The van der Waals surface area contributed by atoms with E-state index in [1.165, 1.54) is 38.5 Å². The lowest BCUT2D eigenvalue weighted by atomic mass is 9.50. The molecule has 11 nitrogen and oxygen atoms in total. The first-order chi connectivity index (χ1) is 19.2. The van der Waals surface area contributed by atoms with Gasteiger partial charge >= 0.3 is 6.09 Å². The molecule has 0 radical (unpaired) electrons. The number of rotatable bonds is 9. The third kappa shape index (κ3) is 5.69. The van der Waals surface area contributed by atoms with E-state index >= 15 is 0 Å². The summed E-state index contributed by atoms with van der Waals surface area (Å²) in [6.45, 7) is 6.35. The lowest BCUT2D eigenvalue weighted by Crippen LogP contribution is -2.51. The average Bonchev–Trinajstić information content (AvgIpc) is 3.35. The van der Waals surface area contributed by atoms with Gasteiger partial charge in [-0.05, 0) is 87.7 Å². The predicted octanol–water partition coefficient (Wildman–Crippen LogP) is 2.83. The van der Waals surface area contributed by atoms with E-state index in [4.69, 9.17) is 19.9 Å². The van der Waals surface area contributed by atoms with E-state index in [1.54, 1.807) is 18.7 Å². The summed E-state index contributed by atoms with van der Waals surface area (Å²) in [6, 6.07) is 4.99. The number of hydrogen-bond donors (Lipinski definition) is 2. The molecule has 5 aliphatic rings. The van der Waals surface area contributed by atoms with Crippen molar-refractivity contribution in [2.45, 2.75) is 70.6 Å². The summed E-state index contributed by atoms with van der Waals surface area (Å²) in [6.07, 6.45) is 7.51. The highest BCUT2D eigenvalue weighted by Gasteiger charge is 2.51. The monoisotopic (exact) mass is 554 g/mol. The lowest BCUT2D eigenvalue weighted by molar-refractivity contribution is -0.127. The fourth-order valence-electron chi connectivity index (χ4n) is 7.73. The molecule has 5 fully saturated rings. The zero-order valence-corrected chi connectivity index (χ0v) is 23.6. The number of carbonyl (C=O) groups excluding carboxylic acids is 2. The Hall–Kier alpha value is -2.76. The average molecular weight is 555 g/mol. The van der Waals surface area contributed by atoms with Gasteiger partial charge in [-0.15, -0.1) is 10.2 Å². The van der Waals surface area contributed by atoms with Gasteiger partial charge in [0.15, 0.2) is 11.5 Å². The molecule has 4 aliphatic carbocycles. The van der Waals surface area contributed by atoms with Crippen LogP contribution in [0.25, 0.3) is 5.65 Å². The second-order valence-corrected chi connectivity index (χ2v) is 13.1. The van der Waals surface area contributed by atoms with Crippen LogP contribution in [0.15, 0.2) is 18.2 Å². The van der Waals surface area contributed by atoms with Gasteiger partial charge in [0.05, 0.1) is 37.7 Å². The van der Waals surface area contributed by atoms with Gasteiger partial charge in [0.25, 0.3) is 0 Å². The summed E-state index contributed by atoms with van der Waals surface area (Å²) in [5.74, 6) is 2.74. The molecular formula is C29H42N6O5. The highest BCUT2D eigenvalue weighted by molar-refractivity contribution is 5.85. The minimum absolute atomic E-state index is 0.0375. The van der Waals surface area contributed by atoms with Crippen LogP contribution in [0.3, 0.4) is 0 Å².